The van der Waals surface area contributed by atoms with Crippen LogP contribution >= 0.6 is 38.6 Å². The second-order valence-electron chi connectivity index (χ2n) is 5.10. The average molecular weight is 499 g/mol. The molecule has 0 saturated heterocycles. The first-order valence-corrected chi connectivity index (χ1v) is 10.3. The number of nitrogens with zero attached hydrogens (tertiary/aromatic N) is 2. The minimum absolute atomic E-state index is 0. The van der Waals surface area contributed by atoms with E-state index in [1.54, 1.807) is 58.2 Å². The van der Waals surface area contributed by atoms with Crippen LogP contribution in [-0.4, -0.2) is 27.1 Å². The van der Waals surface area contributed by atoms with E-state index in [0.29, 0.717) is 5.46 Å². The van der Waals surface area contributed by atoms with Gasteiger partial charge in [0.2, 0.25) is 0 Å². The van der Waals surface area contributed by atoms with Gasteiger partial charge in [-0.05, 0) is 51.2 Å². The molecule has 10 heteroatoms. The summed E-state index contributed by atoms with van der Waals surface area (Å²) in [6.45, 7) is 0. The largest absolute Gasteiger partial charge is 0.488 e. The van der Waals surface area contributed by atoms with Crippen LogP contribution in [0.4, 0.5) is 8.78 Å². The van der Waals surface area contributed by atoms with Crippen molar-refractivity contribution in [3.63, 3.8) is 0 Å². The van der Waals surface area contributed by atoms with E-state index >= 15 is 0 Å². The van der Waals surface area contributed by atoms with Gasteiger partial charge in [0.15, 0.2) is 0 Å². The van der Waals surface area contributed by atoms with Gasteiger partial charge in [-0.25, -0.2) is 8.78 Å². The van der Waals surface area contributed by atoms with Crippen molar-refractivity contribution in [1.82, 2.24) is 9.97 Å². The van der Waals surface area contributed by atoms with E-state index in [4.69, 9.17) is 10.0 Å². The zero-order chi connectivity index (χ0) is 20.4. The molecule has 0 fully saturated rings. The molecule has 4 nitrogen and oxygen atoms in total. The van der Waals surface area contributed by atoms with Crippen LogP contribution in [0.1, 0.15) is 7.43 Å². The maximum atomic E-state index is 12.5. The summed E-state index contributed by atoms with van der Waals surface area (Å²) >= 11 is 6.37. The Hall–Kier alpha value is -1.98. The molecule has 0 amide bonds. The smallest absolute Gasteiger partial charge is 0.423 e. The zero-order valence-electron chi connectivity index (χ0n) is 14.2. The monoisotopic (exact) mass is 498 g/mol. The average Bonchev–Trinajstić information content (AvgIpc) is 3.38. The van der Waals surface area contributed by atoms with Crippen LogP contribution in [0.15, 0.2) is 75.7 Å². The molecule has 0 unspecified atom stereocenters. The van der Waals surface area contributed by atoms with Crippen LogP contribution in [0.5, 0.6) is 0 Å². The highest BCUT2D eigenvalue weighted by molar-refractivity contribution is 9.11. The van der Waals surface area contributed by atoms with Crippen molar-refractivity contribution in [1.29, 1.82) is 0 Å². The summed E-state index contributed by atoms with van der Waals surface area (Å²) in [5, 5.41) is 17.1. The predicted octanol–water partition coefficient (Wildman–Crippen LogP) is 5.00. The third kappa shape index (κ3) is 9.38. The molecule has 2 aromatic carbocycles. The molecule has 0 atom stereocenters. The van der Waals surface area contributed by atoms with Crippen molar-refractivity contribution in [2.75, 3.05) is 0 Å². The lowest BCUT2D eigenvalue weighted by molar-refractivity contribution is 0.425. The zero-order valence-corrected chi connectivity index (χ0v) is 17.5. The van der Waals surface area contributed by atoms with E-state index < -0.39 is 7.12 Å². The summed E-state index contributed by atoms with van der Waals surface area (Å²) in [5.74, 6) is -0.590. The van der Waals surface area contributed by atoms with Gasteiger partial charge in [0.05, 0.1) is 25.9 Å². The SMILES string of the molecule is Brc1cncs1.C.Fc1ccc(-c2cncs2)cc1.OB(O)c1ccc(F)cc1. The quantitative estimate of drug-likeness (QED) is 0.382. The molecule has 2 heterocycles. The van der Waals surface area contributed by atoms with Crippen molar-refractivity contribution >= 4 is 51.2 Å². The Bertz CT molecular complexity index is 924. The molecule has 2 N–H and O–H groups in total. The summed E-state index contributed by atoms with van der Waals surface area (Å²) < 4.78 is 25.8. The Labute approximate surface area is 184 Å². The molecular weight excluding hydrogens is 481 g/mol. The predicted molar refractivity (Wildman–Crippen MR) is 120 cm³/mol. The standard InChI is InChI=1S/C9H6FNS.C6H6BFO2.C3H2BrNS.CH4/c10-8-3-1-7(2-4-8)9-5-11-6-12-9;8-6-3-1-5(2-4-6)7(9)10;4-3-1-5-2-6-3;/h1-6H;1-4,9-10H;1-2H;1H4. The maximum absolute atomic E-state index is 12.5. The molecule has 4 aromatic rings. The second-order valence-corrected chi connectivity index (χ2v) is 8.26. The van der Waals surface area contributed by atoms with Gasteiger partial charge in [-0.1, -0.05) is 31.7 Å². The normalized spacial score (nSPS) is 9.28. The van der Waals surface area contributed by atoms with Gasteiger partial charge in [0.1, 0.15) is 11.6 Å². The Morgan fingerprint density at radius 3 is 1.69 bits per heavy atom. The van der Waals surface area contributed by atoms with Crippen molar-refractivity contribution < 1.29 is 18.8 Å². The summed E-state index contributed by atoms with van der Waals surface area (Å²) in [6.07, 6.45) is 3.54. The van der Waals surface area contributed by atoms with Gasteiger partial charge in [-0.3, -0.25) is 9.97 Å². The van der Waals surface area contributed by atoms with E-state index in [9.17, 15) is 8.78 Å². The first kappa shape index (κ1) is 25.1. The van der Waals surface area contributed by atoms with E-state index in [1.165, 1.54) is 36.4 Å². The number of thiazole rings is 2. The number of aromatic nitrogens is 2. The third-order valence-electron chi connectivity index (χ3n) is 3.13. The fourth-order valence-electron chi connectivity index (χ4n) is 1.81. The molecule has 0 aliphatic rings. The van der Waals surface area contributed by atoms with Crippen molar-refractivity contribution in [3.05, 3.63) is 87.4 Å². The summed E-state index contributed by atoms with van der Waals surface area (Å²) in [6, 6.07) is 11.4. The van der Waals surface area contributed by atoms with Crippen LogP contribution in [0.3, 0.4) is 0 Å². The molecule has 152 valence electrons. The molecule has 0 spiro atoms. The summed E-state index contributed by atoms with van der Waals surface area (Å²) in [5.41, 5.74) is 4.85. The number of hydrogen-bond acceptors (Lipinski definition) is 6. The highest BCUT2D eigenvalue weighted by Gasteiger charge is 2.08. The summed E-state index contributed by atoms with van der Waals surface area (Å²) in [4.78, 5) is 8.80. The molecule has 0 aliphatic heterocycles. The fraction of sp³-hybridized carbons (Fsp3) is 0.0526. The lowest BCUT2D eigenvalue weighted by Gasteiger charge is -1.95. The number of benzene rings is 2. The topological polar surface area (TPSA) is 66.2 Å². The Morgan fingerprint density at radius 2 is 1.31 bits per heavy atom. The lowest BCUT2D eigenvalue weighted by Crippen LogP contribution is -2.29. The number of hydrogen-bond donors (Lipinski definition) is 2. The van der Waals surface area contributed by atoms with Crippen molar-refractivity contribution in [2.45, 2.75) is 7.43 Å². The first-order chi connectivity index (χ1) is 13.5. The van der Waals surface area contributed by atoms with Crippen molar-refractivity contribution in [3.8, 4) is 10.4 Å². The van der Waals surface area contributed by atoms with Gasteiger partial charge < -0.3 is 10.0 Å². The van der Waals surface area contributed by atoms with Crippen LogP contribution in [0.2, 0.25) is 0 Å². The fourth-order valence-corrected chi connectivity index (χ4v) is 3.15. The Balaban J connectivity index is 0.000000225. The molecule has 0 saturated carbocycles. The summed E-state index contributed by atoms with van der Waals surface area (Å²) in [7, 11) is -1.51. The highest BCUT2D eigenvalue weighted by Crippen LogP contribution is 2.22. The maximum Gasteiger partial charge on any atom is 0.488 e. The molecule has 2 aromatic heterocycles. The molecular formula is C19H18BBrF2N2O2S2. The second kappa shape index (κ2) is 13.3. The van der Waals surface area contributed by atoms with E-state index in [0.717, 1.165) is 14.2 Å². The minimum atomic E-state index is -1.51. The molecule has 0 bridgehead atoms. The van der Waals surface area contributed by atoms with Crippen LogP contribution in [0.25, 0.3) is 10.4 Å². The van der Waals surface area contributed by atoms with Gasteiger partial charge in [0.25, 0.3) is 0 Å². The molecule has 29 heavy (non-hydrogen) atoms. The van der Waals surface area contributed by atoms with E-state index in [2.05, 4.69) is 25.9 Å². The third-order valence-corrected chi connectivity index (χ3v) is 5.28. The highest BCUT2D eigenvalue weighted by atomic mass is 79.9. The van der Waals surface area contributed by atoms with E-state index in [-0.39, 0.29) is 19.1 Å². The van der Waals surface area contributed by atoms with Gasteiger partial charge in [0, 0.05) is 6.20 Å². The van der Waals surface area contributed by atoms with Gasteiger partial charge >= 0.3 is 7.12 Å². The first-order valence-electron chi connectivity index (χ1n) is 7.75. The Morgan fingerprint density at radius 1 is 0.793 bits per heavy atom. The number of rotatable bonds is 2. The van der Waals surface area contributed by atoms with Crippen molar-refractivity contribution in [2.24, 2.45) is 0 Å². The van der Waals surface area contributed by atoms with Crippen LogP contribution in [0, 0.1) is 11.6 Å². The number of halogens is 3. The van der Waals surface area contributed by atoms with Gasteiger partial charge in [-0.2, -0.15) is 0 Å². The molecule has 0 aliphatic carbocycles. The van der Waals surface area contributed by atoms with Crippen LogP contribution < -0.4 is 5.46 Å². The van der Waals surface area contributed by atoms with Crippen LogP contribution in [-0.2, 0) is 0 Å². The molecule has 4 rings (SSSR count). The lowest BCUT2D eigenvalue weighted by atomic mass is 9.80. The Kier molecular flexibility index (Phi) is 11.5. The van der Waals surface area contributed by atoms with Gasteiger partial charge in [-0.15, -0.1) is 22.7 Å². The molecule has 0 radical (unpaired) electrons. The van der Waals surface area contributed by atoms with E-state index in [1.807, 2.05) is 0 Å². The minimum Gasteiger partial charge on any atom is -0.423 e.